The maximum atomic E-state index is 13.4. The summed E-state index contributed by atoms with van der Waals surface area (Å²) in [6.07, 6.45) is 8.65. The summed E-state index contributed by atoms with van der Waals surface area (Å²) in [5.74, 6) is 1.43. The molecule has 5 aromatic rings. The first-order valence-corrected chi connectivity index (χ1v) is 18.0. The van der Waals surface area contributed by atoms with Gasteiger partial charge in [-0.1, -0.05) is 0 Å². The van der Waals surface area contributed by atoms with Gasteiger partial charge in [0.05, 0.1) is 59.3 Å². The summed E-state index contributed by atoms with van der Waals surface area (Å²) in [5.41, 5.74) is 5.47. The van der Waals surface area contributed by atoms with Crippen molar-refractivity contribution in [1.29, 1.82) is 0 Å². The SMILES string of the molecule is COC[C@@H]1CN(c2cc(OC)c(Nc3ncc(Br)c(Nc4ccc5nccnc5c4P(C)(C)=O)n3)cc2-c2cnn(C)c2)CCO1. The Morgan fingerprint density at radius 3 is 2.65 bits per heavy atom. The number of benzene rings is 2. The Kier molecular flexibility index (Phi) is 9.23. The quantitative estimate of drug-likeness (QED) is 0.185. The van der Waals surface area contributed by atoms with E-state index in [2.05, 4.69) is 51.5 Å². The molecular weight excluding hydrogens is 673 g/mol. The zero-order valence-electron chi connectivity index (χ0n) is 26.2. The van der Waals surface area contributed by atoms with Crippen LogP contribution in [0.15, 0.2) is 59.7 Å². The van der Waals surface area contributed by atoms with Crippen molar-refractivity contribution in [3.63, 3.8) is 0 Å². The van der Waals surface area contributed by atoms with Gasteiger partial charge in [0.2, 0.25) is 5.95 Å². The molecule has 4 heterocycles. The topological polar surface area (TPSA) is 141 Å². The minimum Gasteiger partial charge on any atom is -0.494 e. The van der Waals surface area contributed by atoms with Gasteiger partial charge in [-0.2, -0.15) is 10.1 Å². The van der Waals surface area contributed by atoms with Crippen LogP contribution in [0.25, 0.3) is 22.2 Å². The summed E-state index contributed by atoms with van der Waals surface area (Å²) < 4.78 is 33.0. The van der Waals surface area contributed by atoms with E-state index in [1.54, 1.807) is 50.8 Å². The van der Waals surface area contributed by atoms with E-state index in [1.807, 2.05) is 43.7 Å². The highest BCUT2D eigenvalue weighted by atomic mass is 79.9. The fraction of sp³-hybridized carbons (Fsp3) is 0.323. The van der Waals surface area contributed by atoms with E-state index in [-0.39, 0.29) is 6.10 Å². The Morgan fingerprint density at radius 2 is 1.91 bits per heavy atom. The Morgan fingerprint density at radius 1 is 1.09 bits per heavy atom. The monoisotopic (exact) mass is 707 g/mol. The van der Waals surface area contributed by atoms with Gasteiger partial charge in [0, 0.05) is 74.9 Å². The van der Waals surface area contributed by atoms with E-state index in [9.17, 15) is 4.57 Å². The van der Waals surface area contributed by atoms with Gasteiger partial charge in [-0.05, 0) is 47.5 Å². The molecule has 240 valence electrons. The molecule has 0 unspecified atom stereocenters. The number of fused-ring (bicyclic) bond motifs is 1. The number of rotatable bonds is 10. The molecule has 0 saturated carbocycles. The van der Waals surface area contributed by atoms with E-state index < -0.39 is 7.14 Å². The number of nitrogens with one attached hydrogen (secondary N) is 2. The number of hydrogen-bond acceptors (Lipinski definition) is 12. The van der Waals surface area contributed by atoms with Crippen LogP contribution in [0.3, 0.4) is 0 Å². The first-order chi connectivity index (χ1) is 22.1. The summed E-state index contributed by atoms with van der Waals surface area (Å²) >= 11 is 3.57. The molecule has 0 spiro atoms. The van der Waals surface area contributed by atoms with Gasteiger partial charge in [0.25, 0.3) is 0 Å². The van der Waals surface area contributed by atoms with Crippen molar-refractivity contribution in [2.24, 2.45) is 7.05 Å². The van der Waals surface area contributed by atoms with Crippen molar-refractivity contribution >= 4 is 68.2 Å². The summed E-state index contributed by atoms with van der Waals surface area (Å²) in [4.78, 5) is 20.5. The number of aromatic nitrogens is 6. The van der Waals surface area contributed by atoms with Crippen molar-refractivity contribution in [3.8, 4) is 16.9 Å². The van der Waals surface area contributed by atoms with Gasteiger partial charge in [-0.15, -0.1) is 0 Å². The highest BCUT2D eigenvalue weighted by Crippen LogP contribution is 2.43. The first kappa shape index (κ1) is 31.9. The van der Waals surface area contributed by atoms with Gasteiger partial charge in [-0.25, -0.2) is 4.98 Å². The molecule has 15 heteroatoms. The standard InChI is InChI=1S/C31H35BrN9O4P/c1-40-16-19(14-36-40)21-12-25(27(44-3)13-26(21)41-10-11-45-20(17-41)18-43-2)38-31-35-15-22(32)30(39-31)37-24-7-6-23-28(34-9-8-33-23)29(24)46(4,5)42/h6-9,12-16,20H,10-11,17-18H2,1-5H3,(H2,35,37,38,39)/t20-/m0/s1. The summed E-state index contributed by atoms with van der Waals surface area (Å²) in [7, 11) is 2.44. The molecule has 1 saturated heterocycles. The van der Waals surface area contributed by atoms with Crippen molar-refractivity contribution in [3.05, 3.63) is 59.7 Å². The molecule has 6 rings (SSSR count). The Balaban J connectivity index is 1.37. The highest BCUT2D eigenvalue weighted by molar-refractivity contribution is 9.10. The van der Waals surface area contributed by atoms with E-state index in [0.29, 0.717) is 69.5 Å². The molecule has 0 radical (unpaired) electrons. The first-order valence-electron chi connectivity index (χ1n) is 14.6. The van der Waals surface area contributed by atoms with Crippen LogP contribution < -0.4 is 25.6 Å². The molecule has 3 aromatic heterocycles. The zero-order chi connectivity index (χ0) is 32.4. The second-order valence-electron chi connectivity index (χ2n) is 11.2. The summed E-state index contributed by atoms with van der Waals surface area (Å²) in [5, 5.41) is 11.7. The van der Waals surface area contributed by atoms with Crippen molar-refractivity contribution < 1.29 is 18.8 Å². The number of halogens is 1. The molecule has 1 atom stereocenters. The van der Waals surface area contributed by atoms with Crippen LogP contribution in [0, 0.1) is 0 Å². The maximum absolute atomic E-state index is 13.4. The lowest BCUT2D eigenvalue weighted by Crippen LogP contribution is -2.44. The van der Waals surface area contributed by atoms with Crippen molar-refractivity contribution in [2.45, 2.75) is 6.10 Å². The third kappa shape index (κ3) is 6.70. The van der Waals surface area contributed by atoms with E-state index in [1.165, 1.54) is 0 Å². The van der Waals surface area contributed by atoms with Crippen LogP contribution >= 0.6 is 23.1 Å². The largest absolute Gasteiger partial charge is 0.494 e. The third-order valence-corrected chi connectivity index (χ3v) is 9.67. The van der Waals surface area contributed by atoms with Crippen LogP contribution in [0.5, 0.6) is 5.75 Å². The zero-order valence-corrected chi connectivity index (χ0v) is 28.7. The normalized spacial score (nSPS) is 15.3. The fourth-order valence-electron chi connectivity index (χ4n) is 5.54. The minimum absolute atomic E-state index is 0.0455. The molecule has 2 N–H and O–H groups in total. The van der Waals surface area contributed by atoms with Crippen LogP contribution in [-0.4, -0.2) is 89.7 Å². The summed E-state index contributed by atoms with van der Waals surface area (Å²) in [6, 6.07) is 7.73. The highest BCUT2D eigenvalue weighted by Gasteiger charge is 2.26. The predicted molar refractivity (Wildman–Crippen MR) is 184 cm³/mol. The van der Waals surface area contributed by atoms with E-state index >= 15 is 0 Å². The average Bonchev–Trinajstić information content (AvgIpc) is 3.48. The molecule has 0 amide bonds. The summed E-state index contributed by atoms with van der Waals surface area (Å²) in [6.45, 7) is 5.92. The van der Waals surface area contributed by atoms with Crippen LogP contribution in [0.1, 0.15) is 0 Å². The molecule has 0 aliphatic carbocycles. The molecule has 1 fully saturated rings. The second kappa shape index (κ2) is 13.3. The lowest BCUT2D eigenvalue weighted by molar-refractivity contribution is -0.01000. The van der Waals surface area contributed by atoms with E-state index in [0.717, 1.165) is 23.4 Å². The van der Waals surface area contributed by atoms with Crippen LogP contribution in [0.2, 0.25) is 0 Å². The lowest BCUT2D eigenvalue weighted by Gasteiger charge is -2.35. The third-order valence-electron chi connectivity index (χ3n) is 7.56. The molecule has 46 heavy (non-hydrogen) atoms. The number of hydrogen-bond donors (Lipinski definition) is 2. The average molecular weight is 709 g/mol. The second-order valence-corrected chi connectivity index (χ2v) is 15.2. The van der Waals surface area contributed by atoms with Gasteiger partial charge >= 0.3 is 0 Å². The number of methoxy groups -OCH3 is 2. The van der Waals surface area contributed by atoms with Gasteiger partial charge in [-0.3, -0.25) is 14.6 Å². The van der Waals surface area contributed by atoms with E-state index in [4.69, 9.17) is 19.2 Å². The Bertz CT molecular complexity index is 1930. The smallest absolute Gasteiger partial charge is 0.229 e. The number of aryl methyl sites for hydroxylation is 1. The number of ether oxygens (including phenoxy) is 3. The molecule has 2 aromatic carbocycles. The Hall–Kier alpha value is -4.10. The van der Waals surface area contributed by atoms with Gasteiger partial charge < -0.3 is 34.3 Å². The van der Waals surface area contributed by atoms with Gasteiger partial charge in [0.15, 0.2) is 0 Å². The fourth-order valence-corrected chi connectivity index (χ4v) is 7.23. The minimum atomic E-state index is -2.77. The lowest BCUT2D eigenvalue weighted by atomic mass is 10.0. The van der Waals surface area contributed by atoms with Crippen molar-refractivity contribution in [2.75, 3.05) is 69.4 Å². The van der Waals surface area contributed by atoms with Crippen LogP contribution in [0.4, 0.5) is 28.8 Å². The molecule has 1 aliphatic heterocycles. The Labute approximate surface area is 275 Å². The number of anilines is 5. The molecular formula is C31H35BrN9O4P. The molecule has 1 aliphatic rings. The van der Waals surface area contributed by atoms with Gasteiger partial charge in [0.1, 0.15) is 24.2 Å². The number of morpholine rings is 1. The molecule has 0 bridgehead atoms. The van der Waals surface area contributed by atoms with Crippen molar-refractivity contribution in [1.82, 2.24) is 29.7 Å². The number of nitrogens with zero attached hydrogens (tertiary/aromatic N) is 7. The maximum Gasteiger partial charge on any atom is 0.229 e. The molecule has 13 nitrogen and oxygen atoms in total. The predicted octanol–water partition coefficient (Wildman–Crippen LogP) is 5.18. The van der Waals surface area contributed by atoms with Crippen LogP contribution in [-0.2, 0) is 21.1 Å².